The number of imidazole rings is 1. The highest BCUT2D eigenvalue weighted by molar-refractivity contribution is 14.1. The first-order chi connectivity index (χ1) is 18.4. The predicted molar refractivity (Wildman–Crippen MR) is 147 cm³/mol. The number of benzene rings is 3. The molecule has 0 aliphatic heterocycles. The fraction of sp³-hybridized carbons (Fsp3) is 0.148. The maximum Gasteiger partial charge on any atom is 0.253 e. The average molecular weight is 669 g/mol. The van der Waals surface area contributed by atoms with Gasteiger partial charge in [0.2, 0.25) is 0 Å². The van der Waals surface area contributed by atoms with E-state index in [9.17, 15) is 21.6 Å². The number of alkyl halides is 2. The number of ether oxygens (including phenoxy) is 1. The second-order valence-electron chi connectivity index (χ2n) is 9.13. The van der Waals surface area contributed by atoms with E-state index in [-0.39, 0.29) is 38.6 Å². The molecule has 6 nitrogen and oxygen atoms in total. The van der Waals surface area contributed by atoms with Crippen molar-refractivity contribution in [3.63, 3.8) is 0 Å². The highest BCUT2D eigenvalue weighted by atomic mass is 127. The molecule has 0 spiro atoms. The molecule has 39 heavy (non-hydrogen) atoms. The molecule has 1 unspecified atom stereocenters. The quantitative estimate of drug-likeness (QED) is 0.142. The van der Waals surface area contributed by atoms with Crippen LogP contribution in [0.3, 0.4) is 0 Å². The van der Waals surface area contributed by atoms with Gasteiger partial charge in [-0.3, -0.25) is 0 Å². The van der Waals surface area contributed by atoms with Gasteiger partial charge in [-0.2, -0.15) is 0 Å². The molecule has 0 amide bonds. The molecule has 0 aliphatic carbocycles. The van der Waals surface area contributed by atoms with Gasteiger partial charge in [0.05, 0.1) is 16.7 Å². The van der Waals surface area contributed by atoms with Crippen LogP contribution in [-0.2, 0) is 15.3 Å². The van der Waals surface area contributed by atoms with Crippen LogP contribution in [-0.4, -0.2) is 36.1 Å². The first kappa shape index (κ1) is 27.2. The molecule has 202 valence electrons. The van der Waals surface area contributed by atoms with Crippen LogP contribution in [0.2, 0.25) is 0 Å². The molecule has 0 saturated carbocycles. The number of hydrogen-bond acceptors (Lipinski definition) is 4. The van der Waals surface area contributed by atoms with Crippen LogP contribution < -0.4 is 4.74 Å². The summed E-state index contributed by atoms with van der Waals surface area (Å²) in [4.78, 5) is 9.34. The van der Waals surface area contributed by atoms with E-state index in [4.69, 9.17) is 4.74 Å². The minimum absolute atomic E-state index is 0.0588. The number of hydrogen-bond donors (Lipinski definition) is 2. The summed E-state index contributed by atoms with van der Waals surface area (Å²) in [5, 5.41) is 0.230. The smallest absolute Gasteiger partial charge is 0.253 e. The first-order valence-corrected chi connectivity index (χ1v) is 14.4. The molecule has 12 heteroatoms. The Labute approximate surface area is 234 Å². The summed E-state index contributed by atoms with van der Waals surface area (Å²) < 4.78 is 90.3. The Bertz CT molecular complexity index is 1820. The van der Waals surface area contributed by atoms with E-state index in [1.807, 2.05) is 22.6 Å². The van der Waals surface area contributed by atoms with E-state index >= 15 is 4.39 Å². The van der Waals surface area contributed by atoms with E-state index in [1.165, 1.54) is 37.5 Å². The SMILES string of the molecule is CC(c1cccc(I)c1)(c1cnc(-c2cc(Oc3c(F)cc4[nH]ccc4c3S(C)(=O)=O)ccc2F)[nH]1)C(F)F. The van der Waals surface area contributed by atoms with Crippen molar-refractivity contribution in [2.75, 3.05) is 6.26 Å². The molecule has 1 atom stereocenters. The Kier molecular flexibility index (Phi) is 6.95. The number of halogens is 5. The van der Waals surface area contributed by atoms with Crippen LogP contribution in [0.5, 0.6) is 11.5 Å². The summed E-state index contributed by atoms with van der Waals surface area (Å²) in [5.74, 6) is -2.39. The number of aromatic amines is 2. The second-order valence-corrected chi connectivity index (χ2v) is 12.3. The van der Waals surface area contributed by atoms with Gasteiger partial charge in [0, 0.05) is 39.2 Å². The first-order valence-electron chi connectivity index (χ1n) is 11.5. The van der Waals surface area contributed by atoms with Crippen molar-refractivity contribution in [3.05, 3.63) is 93.5 Å². The number of sulfone groups is 1. The molecule has 2 heterocycles. The monoisotopic (exact) mass is 669 g/mol. The van der Waals surface area contributed by atoms with Gasteiger partial charge < -0.3 is 14.7 Å². The lowest BCUT2D eigenvalue weighted by molar-refractivity contribution is 0.0788. The fourth-order valence-electron chi connectivity index (χ4n) is 4.39. The third-order valence-electron chi connectivity index (χ3n) is 6.50. The molecule has 0 saturated heterocycles. The van der Waals surface area contributed by atoms with E-state index in [0.29, 0.717) is 5.56 Å². The van der Waals surface area contributed by atoms with Crippen LogP contribution in [0, 0.1) is 15.2 Å². The molecule has 2 aromatic heterocycles. The molecule has 0 radical (unpaired) electrons. The molecule has 0 fully saturated rings. The molecular weight excluding hydrogens is 649 g/mol. The van der Waals surface area contributed by atoms with E-state index in [2.05, 4.69) is 15.0 Å². The van der Waals surface area contributed by atoms with Gasteiger partial charge in [0.1, 0.15) is 22.3 Å². The van der Waals surface area contributed by atoms with E-state index < -0.39 is 39.1 Å². The highest BCUT2D eigenvalue weighted by Crippen LogP contribution is 2.40. The topological polar surface area (TPSA) is 87.8 Å². The Morgan fingerprint density at radius 1 is 1.05 bits per heavy atom. The van der Waals surface area contributed by atoms with E-state index in [0.717, 1.165) is 22.0 Å². The van der Waals surface area contributed by atoms with Gasteiger partial charge in [-0.05, 0) is 71.5 Å². The number of nitrogens with zero attached hydrogens (tertiary/aromatic N) is 1. The number of rotatable bonds is 7. The Hall–Kier alpha value is -3.39. The number of nitrogens with one attached hydrogen (secondary N) is 2. The van der Waals surface area contributed by atoms with E-state index in [1.54, 1.807) is 24.3 Å². The molecule has 2 N–H and O–H groups in total. The van der Waals surface area contributed by atoms with Crippen LogP contribution in [0.15, 0.2) is 71.9 Å². The maximum absolute atomic E-state index is 15.0. The largest absolute Gasteiger partial charge is 0.453 e. The van der Waals surface area contributed by atoms with Gasteiger partial charge in [0.25, 0.3) is 6.43 Å². The van der Waals surface area contributed by atoms with Crippen LogP contribution >= 0.6 is 22.6 Å². The van der Waals surface area contributed by atoms with Gasteiger partial charge in [0.15, 0.2) is 21.4 Å². The minimum atomic E-state index is -3.94. The zero-order valence-corrected chi connectivity index (χ0v) is 23.4. The van der Waals surface area contributed by atoms with Crippen molar-refractivity contribution >= 4 is 43.3 Å². The fourth-order valence-corrected chi connectivity index (χ4v) is 5.98. The van der Waals surface area contributed by atoms with Crippen LogP contribution in [0.25, 0.3) is 22.3 Å². The molecular formula is C27H20F4IN3O3S. The van der Waals surface area contributed by atoms with Crippen molar-refractivity contribution in [2.45, 2.75) is 23.7 Å². The molecule has 0 bridgehead atoms. The summed E-state index contributed by atoms with van der Waals surface area (Å²) >= 11 is 2.03. The van der Waals surface area contributed by atoms with Crippen LogP contribution in [0.1, 0.15) is 18.2 Å². The average Bonchev–Trinajstić information content (AvgIpc) is 3.54. The molecule has 0 aliphatic rings. The molecule has 3 aromatic carbocycles. The normalized spacial score (nSPS) is 13.6. The maximum atomic E-state index is 15.0. The lowest BCUT2D eigenvalue weighted by Crippen LogP contribution is -2.33. The zero-order chi connectivity index (χ0) is 28.1. The highest BCUT2D eigenvalue weighted by Gasteiger charge is 2.41. The third-order valence-corrected chi connectivity index (χ3v) is 8.32. The minimum Gasteiger partial charge on any atom is -0.453 e. The van der Waals surface area contributed by atoms with Gasteiger partial charge in [-0.1, -0.05) is 12.1 Å². The summed E-state index contributed by atoms with van der Waals surface area (Å²) in [7, 11) is -3.94. The lowest BCUT2D eigenvalue weighted by atomic mass is 9.80. The van der Waals surface area contributed by atoms with Gasteiger partial charge in [-0.15, -0.1) is 0 Å². The number of fused-ring (bicyclic) bond motifs is 1. The van der Waals surface area contributed by atoms with Crippen molar-refractivity contribution in [2.24, 2.45) is 0 Å². The summed E-state index contributed by atoms with van der Waals surface area (Å²) in [6.45, 7) is 1.36. The second kappa shape index (κ2) is 9.97. The standard InChI is InChI=1S/C27H20F4IN3O3S/c1-27(26(30)31,14-4-3-5-15(32)10-14)22-13-34-25(35-22)18-11-16(6-7-19(18)28)38-23-20(29)12-21-17(8-9-33-21)24(23)39(2,36)37/h3-13,26,33H,1-2H3,(H,34,35). The zero-order valence-electron chi connectivity index (χ0n) is 20.4. The Morgan fingerprint density at radius 2 is 1.82 bits per heavy atom. The molecule has 5 rings (SSSR count). The summed E-state index contributed by atoms with van der Waals surface area (Å²) in [6, 6.07) is 12.7. The summed E-state index contributed by atoms with van der Waals surface area (Å²) in [6.07, 6.45) is 0.797. The van der Waals surface area contributed by atoms with Crippen molar-refractivity contribution in [1.29, 1.82) is 0 Å². The van der Waals surface area contributed by atoms with Gasteiger partial charge in [-0.25, -0.2) is 31.0 Å². The van der Waals surface area contributed by atoms with Gasteiger partial charge >= 0.3 is 0 Å². The van der Waals surface area contributed by atoms with Crippen molar-refractivity contribution < 1.29 is 30.7 Å². The predicted octanol–water partition coefficient (Wildman–Crippen LogP) is 7.21. The number of aromatic nitrogens is 3. The number of H-pyrrole nitrogens is 2. The lowest BCUT2D eigenvalue weighted by Gasteiger charge is -2.28. The summed E-state index contributed by atoms with van der Waals surface area (Å²) in [5.41, 5.74) is -1.23. The Balaban J connectivity index is 1.57. The Morgan fingerprint density at radius 3 is 2.51 bits per heavy atom. The van der Waals surface area contributed by atoms with Crippen molar-refractivity contribution in [3.8, 4) is 22.9 Å². The van der Waals surface area contributed by atoms with Crippen LogP contribution in [0.4, 0.5) is 17.6 Å². The third kappa shape index (κ3) is 4.91. The van der Waals surface area contributed by atoms with Crippen molar-refractivity contribution in [1.82, 2.24) is 15.0 Å². The molecule has 5 aromatic rings.